The molecule has 0 bridgehead atoms. The van der Waals surface area contributed by atoms with Gasteiger partial charge in [0.1, 0.15) is 0 Å². The highest BCUT2D eigenvalue weighted by molar-refractivity contribution is 7.90. The first-order valence-electron chi connectivity index (χ1n) is 6.34. The Morgan fingerprint density at radius 3 is 2.56 bits per heavy atom. The molecule has 1 N–H and O–H groups in total. The third-order valence-corrected chi connectivity index (χ3v) is 5.96. The summed E-state index contributed by atoms with van der Waals surface area (Å²) in [6.07, 6.45) is 4.05. The van der Waals surface area contributed by atoms with Gasteiger partial charge in [-0.25, -0.2) is 12.7 Å². The molecule has 0 amide bonds. The van der Waals surface area contributed by atoms with Gasteiger partial charge >= 0.3 is 0 Å². The number of rotatable bonds is 5. The predicted molar refractivity (Wildman–Crippen MR) is 64.8 cm³/mol. The molecule has 0 aromatic carbocycles. The van der Waals surface area contributed by atoms with Crippen LogP contribution in [0.4, 0.5) is 0 Å². The normalized spacial score (nSPS) is 27.2. The minimum absolute atomic E-state index is 0.0657. The number of sulfonamides is 1. The molecule has 1 unspecified atom stereocenters. The van der Waals surface area contributed by atoms with Gasteiger partial charge in [-0.05, 0) is 44.7 Å². The molecule has 0 aromatic rings. The molecule has 4 nitrogen and oxygen atoms in total. The van der Waals surface area contributed by atoms with Crippen LogP contribution in [0, 0.1) is 5.92 Å². The van der Waals surface area contributed by atoms with Crippen LogP contribution in [0.15, 0.2) is 0 Å². The summed E-state index contributed by atoms with van der Waals surface area (Å²) in [5, 5.41) is 3.27. The van der Waals surface area contributed by atoms with E-state index in [0.29, 0.717) is 19.0 Å². The van der Waals surface area contributed by atoms with Crippen molar-refractivity contribution in [1.29, 1.82) is 0 Å². The molecule has 16 heavy (non-hydrogen) atoms. The van der Waals surface area contributed by atoms with Crippen molar-refractivity contribution in [3.63, 3.8) is 0 Å². The van der Waals surface area contributed by atoms with Crippen LogP contribution in [0.2, 0.25) is 0 Å². The van der Waals surface area contributed by atoms with Gasteiger partial charge in [-0.2, -0.15) is 0 Å². The molecule has 2 rings (SSSR count). The second-order valence-corrected chi connectivity index (χ2v) is 7.12. The molecule has 0 radical (unpaired) electrons. The molecule has 1 atom stereocenters. The molecule has 94 valence electrons. The average Bonchev–Trinajstić information content (AvgIpc) is 3.11. The second kappa shape index (κ2) is 5.02. The summed E-state index contributed by atoms with van der Waals surface area (Å²) in [6.45, 7) is 5.32. The monoisotopic (exact) mass is 246 g/mol. The molecule has 0 aromatic heterocycles. The van der Waals surface area contributed by atoms with Crippen LogP contribution >= 0.6 is 0 Å². The second-order valence-electron chi connectivity index (χ2n) is 4.91. The van der Waals surface area contributed by atoms with Gasteiger partial charge in [0.2, 0.25) is 10.0 Å². The predicted octanol–water partition coefficient (Wildman–Crippen LogP) is 0.800. The van der Waals surface area contributed by atoms with E-state index in [-0.39, 0.29) is 5.25 Å². The fourth-order valence-electron chi connectivity index (χ4n) is 2.36. The van der Waals surface area contributed by atoms with Crippen molar-refractivity contribution in [2.75, 3.05) is 26.2 Å². The van der Waals surface area contributed by atoms with Crippen molar-refractivity contribution in [3.05, 3.63) is 0 Å². The molecule has 1 aliphatic heterocycles. The van der Waals surface area contributed by atoms with E-state index in [0.717, 1.165) is 32.4 Å². The summed E-state index contributed by atoms with van der Waals surface area (Å²) < 4.78 is 25.9. The maximum atomic E-state index is 12.1. The average molecular weight is 246 g/mol. The van der Waals surface area contributed by atoms with E-state index in [1.54, 1.807) is 4.31 Å². The summed E-state index contributed by atoms with van der Waals surface area (Å²) in [5.41, 5.74) is 0. The lowest BCUT2D eigenvalue weighted by Crippen LogP contribution is -2.42. The zero-order chi connectivity index (χ0) is 11.6. The van der Waals surface area contributed by atoms with Crippen LogP contribution in [-0.4, -0.2) is 44.2 Å². The van der Waals surface area contributed by atoms with Gasteiger partial charge in [-0.1, -0.05) is 6.92 Å². The maximum absolute atomic E-state index is 12.1. The lowest BCUT2D eigenvalue weighted by molar-refractivity contribution is 0.297. The Kier molecular flexibility index (Phi) is 3.87. The Morgan fingerprint density at radius 2 is 2.06 bits per heavy atom. The SMILES string of the molecule is CCN(CC1CCCNC1)S(=O)(=O)C1CC1. The minimum atomic E-state index is -2.97. The van der Waals surface area contributed by atoms with Crippen molar-refractivity contribution in [1.82, 2.24) is 9.62 Å². The lowest BCUT2D eigenvalue weighted by Gasteiger charge is -2.28. The highest BCUT2D eigenvalue weighted by atomic mass is 32.2. The van der Waals surface area contributed by atoms with E-state index < -0.39 is 10.0 Å². The van der Waals surface area contributed by atoms with Gasteiger partial charge in [0.15, 0.2) is 0 Å². The van der Waals surface area contributed by atoms with Crippen LogP contribution in [-0.2, 0) is 10.0 Å². The summed E-state index contributed by atoms with van der Waals surface area (Å²) in [7, 11) is -2.97. The van der Waals surface area contributed by atoms with E-state index >= 15 is 0 Å². The highest BCUT2D eigenvalue weighted by Crippen LogP contribution is 2.31. The van der Waals surface area contributed by atoms with Crippen LogP contribution in [0.25, 0.3) is 0 Å². The van der Waals surface area contributed by atoms with Gasteiger partial charge < -0.3 is 5.32 Å². The van der Waals surface area contributed by atoms with E-state index in [2.05, 4.69) is 5.32 Å². The maximum Gasteiger partial charge on any atom is 0.216 e. The van der Waals surface area contributed by atoms with Crippen molar-refractivity contribution in [2.45, 2.75) is 37.9 Å². The molecule has 2 fully saturated rings. The van der Waals surface area contributed by atoms with Crippen LogP contribution < -0.4 is 5.32 Å². The van der Waals surface area contributed by atoms with Gasteiger partial charge in [0.05, 0.1) is 5.25 Å². The van der Waals surface area contributed by atoms with Crippen LogP contribution in [0.3, 0.4) is 0 Å². The summed E-state index contributed by atoms with van der Waals surface area (Å²) >= 11 is 0. The summed E-state index contributed by atoms with van der Waals surface area (Å²) in [5.74, 6) is 0.502. The molecule has 1 saturated heterocycles. The molecule has 1 aliphatic carbocycles. The molecular formula is C11H22N2O2S. The third kappa shape index (κ3) is 2.76. The molecule has 2 aliphatic rings. The summed E-state index contributed by atoms with van der Waals surface area (Å²) in [6, 6.07) is 0. The lowest BCUT2D eigenvalue weighted by atomic mass is 10.00. The minimum Gasteiger partial charge on any atom is -0.316 e. The van der Waals surface area contributed by atoms with Gasteiger partial charge in [-0.3, -0.25) is 0 Å². The topological polar surface area (TPSA) is 49.4 Å². The first kappa shape index (κ1) is 12.3. The molecule has 1 heterocycles. The van der Waals surface area contributed by atoms with Crippen molar-refractivity contribution in [2.24, 2.45) is 5.92 Å². The van der Waals surface area contributed by atoms with Crippen molar-refractivity contribution >= 4 is 10.0 Å². The van der Waals surface area contributed by atoms with Gasteiger partial charge in [0.25, 0.3) is 0 Å². The van der Waals surface area contributed by atoms with Crippen molar-refractivity contribution < 1.29 is 8.42 Å². The van der Waals surface area contributed by atoms with Crippen molar-refractivity contribution in [3.8, 4) is 0 Å². The van der Waals surface area contributed by atoms with E-state index in [9.17, 15) is 8.42 Å². The Balaban J connectivity index is 1.94. The Morgan fingerprint density at radius 1 is 1.31 bits per heavy atom. The standard InChI is InChI=1S/C11H22N2O2S/c1-2-13(16(14,15)11-5-6-11)9-10-4-3-7-12-8-10/h10-12H,2-9H2,1H3. The van der Waals surface area contributed by atoms with Crippen LogP contribution in [0.1, 0.15) is 32.6 Å². The third-order valence-electron chi connectivity index (χ3n) is 3.52. The number of hydrogen-bond acceptors (Lipinski definition) is 3. The fourth-order valence-corrected chi connectivity index (χ4v) is 4.29. The molecule has 0 spiro atoms. The number of hydrogen-bond donors (Lipinski definition) is 1. The van der Waals surface area contributed by atoms with E-state index in [1.807, 2.05) is 6.92 Å². The molecule has 1 saturated carbocycles. The quantitative estimate of drug-likeness (QED) is 0.780. The van der Waals surface area contributed by atoms with Crippen LogP contribution in [0.5, 0.6) is 0 Å². The number of nitrogens with zero attached hydrogens (tertiary/aromatic N) is 1. The van der Waals surface area contributed by atoms with E-state index in [4.69, 9.17) is 0 Å². The fraction of sp³-hybridized carbons (Fsp3) is 1.00. The first-order chi connectivity index (χ1) is 7.64. The molecule has 5 heteroatoms. The Bertz CT molecular complexity index is 319. The van der Waals surface area contributed by atoms with Gasteiger partial charge in [0, 0.05) is 13.1 Å². The van der Waals surface area contributed by atoms with Gasteiger partial charge in [-0.15, -0.1) is 0 Å². The first-order valence-corrected chi connectivity index (χ1v) is 7.84. The smallest absolute Gasteiger partial charge is 0.216 e. The number of piperidine rings is 1. The Labute approximate surface area is 98.4 Å². The highest BCUT2D eigenvalue weighted by Gasteiger charge is 2.40. The number of nitrogens with one attached hydrogen (secondary N) is 1. The molecular weight excluding hydrogens is 224 g/mol. The largest absolute Gasteiger partial charge is 0.316 e. The summed E-state index contributed by atoms with van der Waals surface area (Å²) in [4.78, 5) is 0. The van der Waals surface area contributed by atoms with E-state index in [1.165, 1.54) is 6.42 Å². The Hall–Kier alpha value is -0.130. The zero-order valence-corrected chi connectivity index (χ0v) is 10.8. The zero-order valence-electron chi connectivity index (χ0n) is 9.98.